The molecule has 1 saturated heterocycles. The molecule has 2 amide bonds. The minimum absolute atomic E-state index is 0.00827. The van der Waals surface area contributed by atoms with Crippen molar-refractivity contribution in [3.8, 4) is 11.5 Å². The summed E-state index contributed by atoms with van der Waals surface area (Å²) in [5.41, 5.74) is 6.37. The molecule has 0 bridgehead atoms. The molecule has 4 rings (SSSR count). The normalized spacial score (nSPS) is 17.1. The van der Waals surface area contributed by atoms with Crippen LogP contribution in [0.1, 0.15) is 33.8 Å². The van der Waals surface area contributed by atoms with Crippen molar-refractivity contribution in [3.63, 3.8) is 0 Å². The highest BCUT2D eigenvalue weighted by Crippen LogP contribution is 2.22. The van der Waals surface area contributed by atoms with E-state index in [0.29, 0.717) is 29.6 Å². The molecule has 1 unspecified atom stereocenters. The molecule has 27 heavy (non-hydrogen) atoms. The van der Waals surface area contributed by atoms with Gasteiger partial charge in [-0.05, 0) is 50.0 Å². The number of nitrogens with zero attached hydrogens (tertiary/aromatic N) is 3. The highest BCUT2D eigenvalue weighted by Gasteiger charge is 2.21. The Balaban J connectivity index is 1.69. The van der Waals surface area contributed by atoms with Crippen LogP contribution in [0.5, 0.6) is 0 Å². The second kappa shape index (κ2) is 7.20. The molecule has 0 spiro atoms. The van der Waals surface area contributed by atoms with E-state index in [9.17, 15) is 9.59 Å². The van der Waals surface area contributed by atoms with Crippen LogP contribution in [0.3, 0.4) is 0 Å². The third-order valence-electron chi connectivity index (χ3n) is 4.69. The second-order valence-electron chi connectivity index (χ2n) is 6.58. The summed E-state index contributed by atoms with van der Waals surface area (Å²) in [7, 11) is 0. The average molecular weight is 368 g/mol. The van der Waals surface area contributed by atoms with Crippen LogP contribution in [0.4, 0.5) is 0 Å². The molecule has 3 aromatic heterocycles. The van der Waals surface area contributed by atoms with E-state index in [2.05, 4.69) is 20.6 Å². The number of primary amides is 1. The van der Waals surface area contributed by atoms with Gasteiger partial charge in [0.05, 0.1) is 6.26 Å². The minimum Gasteiger partial charge on any atom is -0.463 e. The summed E-state index contributed by atoms with van der Waals surface area (Å²) < 4.78 is 6.86. The Kier molecular flexibility index (Phi) is 4.59. The quantitative estimate of drug-likeness (QED) is 0.612. The van der Waals surface area contributed by atoms with Gasteiger partial charge >= 0.3 is 0 Å². The van der Waals surface area contributed by atoms with Crippen molar-refractivity contribution in [2.45, 2.75) is 12.8 Å². The number of nitrogens with two attached hydrogens (primary N) is 1. The van der Waals surface area contributed by atoms with Crippen molar-refractivity contribution in [2.24, 2.45) is 11.7 Å². The largest absolute Gasteiger partial charge is 0.463 e. The molecule has 1 aliphatic rings. The zero-order valence-electron chi connectivity index (χ0n) is 14.6. The van der Waals surface area contributed by atoms with E-state index in [1.807, 2.05) is 0 Å². The molecule has 1 aliphatic heterocycles. The van der Waals surface area contributed by atoms with Gasteiger partial charge in [0.2, 0.25) is 0 Å². The number of rotatable bonds is 5. The molecule has 0 radical (unpaired) electrons. The van der Waals surface area contributed by atoms with Crippen LogP contribution < -0.4 is 16.4 Å². The van der Waals surface area contributed by atoms with Crippen LogP contribution in [0.25, 0.3) is 17.1 Å². The second-order valence-corrected chi connectivity index (χ2v) is 6.58. The molecule has 9 heteroatoms. The Bertz CT molecular complexity index is 973. The molecule has 0 aromatic carbocycles. The van der Waals surface area contributed by atoms with E-state index < -0.39 is 5.91 Å². The number of carbonyl (C=O) groups excluding carboxylic acids is 2. The number of nitrogens with one attached hydrogen (secondary N) is 2. The van der Waals surface area contributed by atoms with Gasteiger partial charge in [-0.1, -0.05) is 0 Å². The van der Waals surface area contributed by atoms with Gasteiger partial charge < -0.3 is 20.8 Å². The third-order valence-corrected chi connectivity index (χ3v) is 4.69. The molecule has 3 aromatic rings. The maximum Gasteiger partial charge on any atom is 0.271 e. The van der Waals surface area contributed by atoms with E-state index in [0.717, 1.165) is 25.9 Å². The lowest BCUT2D eigenvalue weighted by Crippen LogP contribution is -2.38. The molecule has 4 heterocycles. The minimum atomic E-state index is -0.707. The lowest BCUT2D eigenvalue weighted by Gasteiger charge is -2.23. The molecule has 140 valence electrons. The monoisotopic (exact) mass is 368 g/mol. The van der Waals surface area contributed by atoms with Crippen LogP contribution >= 0.6 is 0 Å². The number of amides is 2. The number of aromatic nitrogens is 3. The summed E-state index contributed by atoms with van der Waals surface area (Å²) in [6, 6.07) is 5.07. The maximum atomic E-state index is 12.8. The van der Waals surface area contributed by atoms with E-state index in [4.69, 9.17) is 10.2 Å². The number of imidazole rings is 1. The summed E-state index contributed by atoms with van der Waals surface area (Å²) >= 11 is 0. The molecule has 0 saturated carbocycles. The van der Waals surface area contributed by atoms with Crippen molar-refractivity contribution in [2.75, 3.05) is 19.6 Å². The molecule has 4 N–H and O–H groups in total. The highest BCUT2D eigenvalue weighted by atomic mass is 16.3. The fourth-order valence-electron chi connectivity index (χ4n) is 3.30. The molecular weight excluding hydrogens is 348 g/mol. The number of furan rings is 1. The number of fused-ring (bicyclic) bond motifs is 1. The molecular formula is C18H20N6O3. The van der Waals surface area contributed by atoms with Crippen molar-refractivity contribution in [3.05, 3.63) is 42.2 Å². The van der Waals surface area contributed by atoms with Crippen LogP contribution in [-0.2, 0) is 0 Å². The van der Waals surface area contributed by atoms with Crippen molar-refractivity contribution >= 4 is 17.5 Å². The molecule has 1 atom stereocenters. The Morgan fingerprint density at radius 2 is 2.33 bits per heavy atom. The number of hydrogen-bond donors (Lipinski definition) is 3. The smallest absolute Gasteiger partial charge is 0.271 e. The summed E-state index contributed by atoms with van der Waals surface area (Å²) in [4.78, 5) is 32.9. The predicted molar refractivity (Wildman–Crippen MR) is 97.1 cm³/mol. The third kappa shape index (κ3) is 3.41. The van der Waals surface area contributed by atoms with Crippen molar-refractivity contribution < 1.29 is 14.0 Å². The highest BCUT2D eigenvalue weighted by molar-refractivity contribution is 5.99. The van der Waals surface area contributed by atoms with Crippen LogP contribution in [0, 0.1) is 5.92 Å². The first-order chi connectivity index (χ1) is 13.1. The first-order valence-electron chi connectivity index (χ1n) is 8.84. The van der Waals surface area contributed by atoms with Gasteiger partial charge in [0, 0.05) is 6.54 Å². The Hall–Kier alpha value is -3.20. The van der Waals surface area contributed by atoms with E-state index >= 15 is 0 Å². The summed E-state index contributed by atoms with van der Waals surface area (Å²) in [6.07, 6.45) is 5.08. The Morgan fingerprint density at radius 3 is 3.04 bits per heavy atom. The standard InChI is InChI=1S/C18H20N6O3/c19-16(25)15-17-23-12(14-4-2-6-27-14)7-13(24(17)10-22-15)18(26)21-9-11-3-1-5-20-8-11/h2,4,6-7,10-11,20H,1,3,5,8-9H2,(H2,19,25)(H,21,26). The first-order valence-corrected chi connectivity index (χ1v) is 8.84. The average Bonchev–Trinajstić information content (AvgIpc) is 3.35. The number of carbonyl (C=O) groups is 2. The molecule has 0 aliphatic carbocycles. The Morgan fingerprint density at radius 1 is 1.44 bits per heavy atom. The zero-order valence-corrected chi connectivity index (χ0v) is 14.6. The zero-order chi connectivity index (χ0) is 18.8. The number of piperidine rings is 1. The van der Waals surface area contributed by atoms with Crippen LogP contribution in [0.15, 0.2) is 35.2 Å². The van der Waals surface area contributed by atoms with Gasteiger partial charge in [0.1, 0.15) is 17.7 Å². The van der Waals surface area contributed by atoms with Gasteiger partial charge in [0.15, 0.2) is 17.1 Å². The van der Waals surface area contributed by atoms with Gasteiger partial charge in [-0.2, -0.15) is 0 Å². The van der Waals surface area contributed by atoms with Crippen LogP contribution in [0.2, 0.25) is 0 Å². The maximum absolute atomic E-state index is 12.8. The lowest BCUT2D eigenvalue weighted by atomic mass is 10.00. The summed E-state index contributed by atoms with van der Waals surface area (Å²) in [5.74, 6) is -0.0939. The van der Waals surface area contributed by atoms with Crippen molar-refractivity contribution in [1.82, 2.24) is 25.0 Å². The van der Waals surface area contributed by atoms with Gasteiger partial charge in [-0.3, -0.25) is 14.0 Å². The topological polar surface area (TPSA) is 128 Å². The fourth-order valence-corrected chi connectivity index (χ4v) is 3.30. The number of hydrogen-bond acceptors (Lipinski definition) is 6. The van der Waals surface area contributed by atoms with E-state index in [1.165, 1.54) is 17.0 Å². The van der Waals surface area contributed by atoms with E-state index in [1.54, 1.807) is 18.2 Å². The predicted octanol–water partition coefficient (Wildman–Crippen LogP) is 0.818. The summed E-state index contributed by atoms with van der Waals surface area (Å²) in [6.45, 7) is 2.48. The first kappa shape index (κ1) is 17.2. The molecule has 9 nitrogen and oxygen atoms in total. The van der Waals surface area contributed by atoms with Crippen LogP contribution in [-0.4, -0.2) is 45.8 Å². The fraction of sp³-hybridized carbons (Fsp3) is 0.333. The lowest BCUT2D eigenvalue weighted by molar-refractivity contribution is 0.0937. The SMILES string of the molecule is NC(=O)c1ncn2c(C(=O)NCC3CCCNC3)cc(-c3ccco3)nc12. The van der Waals surface area contributed by atoms with E-state index in [-0.39, 0.29) is 17.2 Å². The van der Waals surface area contributed by atoms with Gasteiger partial charge in [0.25, 0.3) is 11.8 Å². The van der Waals surface area contributed by atoms with Gasteiger partial charge in [-0.25, -0.2) is 9.97 Å². The molecule has 1 fully saturated rings. The van der Waals surface area contributed by atoms with Crippen molar-refractivity contribution in [1.29, 1.82) is 0 Å². The van der Waals surface area contributed by atoms with Gasteiger partial charge in [-0.15, -0.1) is 0 Å². The Labute approximate surface area is 155 Å². The summed E-state index contributed by atoms with van der Waals surface area (Å²) in [5, 5.41) is 6.30.